The maximum absolute atomic E-state index is 12.0. The second-order valence-corrected chi connectivity index (χ2v) is 5.98. The first kappa shape index (κ1) is 13.0. The highest BCUT2D eigenvalue weighted by molar-refractivity contribution is 7.89. The van der Waals surface area contributed by atoms with Gasteiger partial charge in [0.1, 0.15) is 0 Å². The van der Waals surface area contributed by atoms with E-state index in [1.165, 1.54) is 31.4 Å². The molecule has 0 radical (unpaired) electrons. The van der Waals surface area contributed by atoms with Crippen molar-refractivity contribution in [1.82, 2.24) is 4.72 Å². The van der Waals surface area contributed by atoms with Crippen LogP contribution < -0.4 is 4.72 Å². The molecule has 5 nitrogen and oxygen atoms in total. The minimum Gasteiger partial charge on any atom is -0.465 e. The summed E-state index contributed by atoms with van der Waals surface area (Å²) in [7, 11) is -2.19. The average Bonchev–Trinajstić information content (AvgIpc) is 2.33. The summed E-state index contributed by atoms with van der Waals surface area (Å²) >= 11 is 0. The first-order chi connectivity index (χ1) is 8.53. The molecule has 0 amide bonds. The summed E-state index contributed by atoms with van der Waals surface area (Å²) < 4.78 is 31.1. The number of benzene rings is 1. The van der Waals surface area contributed by atoms with E-state index in [0.29, 0.717) is 5.56 Å². The molecule has 0 heterocycles. The molecule has 2 rings (SSSR count). The molecule has 1 fully saturated rings. The lowest BCUT2D eigenvalue weighted by molar-refractivity contribution is 0.0600. The average molecular weight is 269 g/mol. The Bertz CT molecular complexity index is 532. The maximum Gasteiger partial charge on any atom is 0.337 e. The monoisotopic (exact) mass is 269 g/mol. The van der Waals surface area contributed by atoms with E-state index in [2.05, 4.69) is 9.46 Å². The van der Waals surface area contributed by atoms with Gasteiger partial charge in [-0.2, -0.15) is 0 Å². The summed E-state index contributed by atoms with van der Waals surface area (Å²) in [5.41, 5.74) is 0.333. The summed E-state index contributed by atoms with van der Waals surface area (Å²) in [6, 6.07) is 5.76. The van der Waals surface area contributed by atoms with Crippen LogP contribution in [0.2, 0.25) is 0 Å². The molecule has 0 atom stereocenters. The number of hydrogen-bond acceptors (Lipinski definition) is 4. The van der Waals surface area contributed by atoms with Crippen molar-refractivity contribution in [2.45, 2.75) is 30.2 Å². The molecule has 0 spiro atoms. The number of nitrogens with one attached hydrogen (secondary N) is 1. The molecule has 98 valence electrons. The van der Waals surface area contributed by atoms with Crippen molar-refractivity contribution in [3.8, 4) is 0 Å². The summed E-state index contributed by atoms with van der Waals surface area (Å²) in [4.78, 5) is 11.4. The Morgan fingerprint density at radius 1 is 1.28 bits per heavy atom. The van der Waals surface area contributed by atoms with E-state index in [1.54, 1.807) is 0 Å². The van der Waals surface area contributed by atoms with Crippen LogP contribution in [0.1, 0.15) is 29.6 Å². The Hall–Kier alpha value is -1.40. The number of hydrogen-bond donors (Lipinski definition) is 1. The fourth-order valence-electron chi connectivity index (χ4n) is 1.70. The third-order valence-corrected chi connectivity index (χ3v) is 4.55. The third kappa shape index (κ3) is 2.70. The zero-order chi connectivity index (χ0) is 13.2. The molecule has 1 saturated carbocycles. The Morgan fingerprint density at radius 2 is 1.89 bits per heavy atom. The molecule has 1 aromatic carbocycles. The van der Waals surface area contributed by atoms with Gasteiger partial charge in [-0.15, -0.1) is 0 Å². The zero-order valence-corrected chi connectivity index (χ0v) is 10.9. The highest BCUT2D eigenvalue weighted by atomic mass is 32.2. The van der Waals surface area contributed by atoms with Crippen LogP contribution in [-0.2, 0) is 14.8 Å². The van der Waals surface area contributed by atoms with Crippen molar-refractivity contribution in [3.05, 3.63) is 29.8 Å². The zero-order valence-electron chi connectivity index (χ0n) is 10.0. The summed E-state index contributed by atoms with van der Waals surface area (Å²) in [5.74, 6) is -0.481. The van der Waals surface area contributed by atoms with Crippen molar-refractivity contribution in [2.75, 3.05) is 7.11 Å². The first-order valence-corrected chi connectivity index (χ1v) is 7.22. The Labute approximate surface area is 106 Å². The highest BCUT2D eigenvalue weighted by Gasteiger charge is 2.24. The predicted molar refractivity (Wildman–Crippen MR) is 65.7 cm³/mol. The largest absolute Gasteiger partial charge is 0.465 e. The lowest BCUT2D eigenvalue weighted by Crippen LogP contribution is -2.39. The van der Waals surface area contributed by atoms with Gasteiger partial charge in [0.05, 0.1) is 17.6 Å². The molecule has 0 aliphatic heterocycles. The number of carbonyl (C=O) groups is 1. The second-order valence-electron chi connectivity index (χ2n) is 4.27. The minimum absolute atomic E-state index is 0.0512. The van der Waals surface area contributed by atoms with E-state index < -0.39 is 16.0 Å². The van der Waals surface area contributed by atoms with Crippen molar-refractivity contribution in [2.24, 2.45) is 0 Å². The maximum atomic E-state index is 12.0. The van der Waals surface area contributed by atoms with E-state index >= 15 is 0 Å². The standard InChI is InChI=1S/C12H15NO4S/c1-17-12(14)9-5-7-11(8-6-9)18(15,16)13-10-3-2-4-10/h5-8,10,13H,2-4H2,1H3. The summed E-state index contributed by atoms with van der Waals surface area (Å²) in [6.45, 7) is 0. The van der Waals surface area contributed by atoms with Crippen molar-refractivity contribution < 1.29 is 17.9 Å². The van der Waals surface area contributed by atoms with Crippen molar-refractivity contribution in [1.29, 1.82) is 0 Å². The fourth-order valence-corrected chi connectivity index (χ4v) is 3.01. The van der Waals surface area contributed by atoms with Gasteiger partial charge in [0.15, 0.2) is 0 Å². The minimum atomic E-state index is -3.47. The molecule has 6 heteroatoms. The van der Waals surface area contributed by atoms with E-state index in [0.717, 1.165) is 19.3 Å². The van der Waals surface area contributed by atoms with Crippen molar-refractivity contribution >= 4 is 16.0 Å². The number of esters is 1. The Balaban J connectivity index is 2.15. The Kier molecular flexibility index (Phi) is 3.68. The lowest BCUT2D eigenvalue weighted by atomic mass is 9.94. The van der Waals surface area contributed by atoms with Gasteiger partial charge in [-0.05, 0) is 37.1 Å². The summed E-state index contributed by atoms with van der Waals surface area (Å²) in [6.07, 6.45) is 2.84. The molecular formula is C12H15NO4S. The van der Waals surface area contributed by atoms with Crippen LogP contribution in [0.4, 0.5) is 0 Å². The van der Waals surface area contributed by atoms with E-state index in [4.69, 9.17) is 0 Å². The lowest BCUT2D eigenvalue weighted by Gasteiger charge is -2.26. The molecule has 1 N–H and O–H groups in total. The number of carbonyl (C=O) groups excluding carboxylic acids is 1. The van der Waals surface area contributed by atoms with E-state index in [-0.39, 0.29) is 10.9 Å². The van der Waals surface area contributed by atoms with Gasteiger partial charge < -0.3 is 4.74 Å². The molecule has 1 aliphatic rings. The van der Waals surface area contributed by atoms with Gasteiger partial charge in [0, 0.05) is 6.04 Å². The van der Waals surface area contributed by atoms with E-state index in [9.17, 15) is 13.2 Å². The van der Waals surface area contributed by atoms with Gasteiger partial charge >= 0.3 is 5.97 Å². The van der Waals surface area contributed by atoms with Crippen LogP contribution in [0.15, 0.2) is 29.2 Å². The van der Waals surface area contributed by atoms with Crippen LogP contribution in [0, 0.1) is 0 Å². The molecule has 1 aromatic rings. The van der Waals surface area contributed by atoms with Crippen LogP contribution >= 0.6 is 0 Å². The third-order valence-electron chi connectivity index (χ3n) is 3.01. The molecule has 1 aliphatic carbocycles. The number of sulfonamides is 1. The summed E-state index contributed by atoms with van der Waals surface area (Å²) in [5, 5.41) is 0. The number of rotatable bonds is 4. The number of methoxy groups -OCH3 is 1. The SMILES string of the molecule is COC(=O)c1ccc(S(=O)(=O)NC2CCC2)cc1. The van der Waals surface area contributed by atoms with Crippen LogP contribution in [0.25, 0.3) is 0 Å². The van der Waals surface area contributed by atoms with Crippen molar-refractivity contribution in [3.63, 3.8) is 0 Å². The molecule has 0 bridgehead atoms. The van der Waals surface area contributed by atoms with Gasteiger partial charge in [-0.25, -0.2) is 17.9 Å². The normalized spacial score (nSPS) is 16.1. The fraction of sp³-hybridized carbons (Fsp3) is 0.417. The smallest absolute Gasteiger partial charge is 0.337 e. The molecule has 0 unspecified atom stereocenters. The molecular weight excluding hydrogens is 254 g/mol. The second kappa shape index (κ2) is 5.07. The quantitative estimate of drug-likeness (QED) is 0.836. The van der Waals surface area contributed by atoms with Gasteiger partial charge in [-0.1, -0.05) is 6.42 Å². The Morgan fingerprint density at radius 3 is 2.33 bits per heavy atom. The topological polar surface area (TPSA) is 72.5 Å². The predicted octanol–water partition coefficient (Wildman–Crippen LogP) is 1.30. The van der Waals surface area contributed by atoms with Gasteiger partial charge in [0.25, 0.3) is 0 Å². The molecule has 0 aromatic heterocycles. The van der Waals surface area contributed by atoms with E-state index in [1.807, 2.05) is 0 Å². The highest BCUT2D eigenvalue weighted by Crippen LogP contribution is 2.21. The molecule has 18 heavy (non-hydrogen) atoms. The number of ether oxygens (including phenoxy) is 1. The van der Waals surface area contributed by atoms with Crippen LogP contribution in [0.3, 0.4) is 0 Å². The van der Waals surface area contributed by atoms with Gasteiger partial charge in [0.2, 0.25) is 10.0 Å². The van der Waals surface area contributed by atoms with Gasteiger partial charge in [-0.3, -0.25) is 0 Å². The molecule has 0 saturated heterocycles. The van der Waals surface area contributed by atoms with Crippen LogP contribution in [-0.4, -0.2) is 27.5 Å². The van der Waals surface area contributed by atoms with Crippen LogP contribution in [0.5, 0.6) is 0 Å². The first-order valence-electron chi connectivity index (χ1n) is 5.73.